The summed E-state index contributed by atoms with van der Waals surface area (Å²) < 4.78 is 44.7. The van der Waals surface area contributed by atoms with Crippen LogP contribution < -0.4 is 14.4 Å². The van der Waals surface area contributed by atoms with Crippen LogP contribution in [0.1, 0.15) is 6.92 Å². The van der Waals surface area contributed by atoms with Gasteiger partial charge in [-0.2, -0.15) is 0 Å². The Balaban J connectivity index is 1.63. The Bertz CT molecular complexity index is 1150. The van der Waals surface area contributed by atoms with Crippen molar-refractivity contribution in [1.82, 2.24) is 5.32 Å². The number of benzene rings is 3. The van der Waals surface area contributed by atoms with Crippen molar-refractivity contribution in [2.75, 3.05) is 23.7 Å². The Kier molecular flexibility index (Phi) is 6.56. The first-order valence-electron chi connectivity index (χ1n) is 9.40. The maximum absolute atomic E-state index is 13.6. The average Bonchev–Trinajstić information content (AvgIpc) is 2.70. The van der Waals surface area contributed by atoms with E-state index in [4.69, 9.17) is 4.74 Å². The number of nitrogens with one attached hydrogen (secondary N) is 1. The van der Waals surface area contributed by atoms with E-state index in [0.29, 0.717) is 5.75 Å². The number of nitrogens with zero attached hydrogens (tertiary/aromatic N) is 1. The number of hydrogen-bond donors (Lipinski definition) is 1. The van der Waals surface area contributed by atoms with Crippen molar-refractivity contribution < 1.29 is 22.3 Å². The molecular formula is C22H23FN2O4S. The minimum atomic E-state index is -3.80. The van der Waals surface area contributed by atoms with E-state index >= 15 is 0 Å². The second-order valence-electron chi connectivity index (χ2n) is 6.83. The highest BCUT2D eigenvalue weighted by molar-refractivity contribution is 7.92. The molecule has 0 saturated heterocycles. The van der Waals surface area contributed by atoms with Crippen LogP contribution >= 0.6 is 0 Å². The minimum absolute atomic E-state index is 0.0900. The van der Waals surface area contributed by atoms with E-state index < -0.39 is 27.8 Å². The van der Waals surface area contributed by atoms with Gasteiger partial charge < -0.3 is 10.1 Å². The van der Waals surface area contributed by atoms with E-state index in [1.165, 1.54) is 25.1 Å². The highest BCUT2D eigenvalue weighted by atomic mass is 32.2. The van der Waals surface area contributed by atoms with Crippen LogP contribution in [0.5, 0.6) is 5.75 Å². The molecule has 0 unspecified atom stereocenters. The van der Waals surface area contributed by atoms with Crippen LogP contribution in [0.2, 0.25) is 0 Å². The lowest BCUT2D eigenvalue weighted by Crippen LogP contribution is -2.48. The zero-order chi connectivity index (χ0) is 21.7. The SMILES string of the molecule is C[C@@H](C(=O)NCCOc1cccc2ccccc12)N(c1cccc(F)c1)S(C)(=O)=O. The van der Waals surface area contributed by atoms with Crippen molar-refractivity contribution in [3.63, 3.8) is 0 Å². The molecule has 30 heavy (non-hydrogen) atoms. The van der Waals surface area contributed by atoms with Gasteiger partial charge in [-0.3, -0.25) is 9.10 Å². The normalized spacial score (nSPS) is 12.4. The van der Waals surface area contributed by atoms with Crippen LogP contribution in [0.15, 0.2) is 66.7 Å². The summed E-state index contributed by atoms with van der Waals surface area (Å²) in [5.74, 6) is -0.392. The van der Waals surface area contributed by atoms with Crippen molar-refractivity contribution in [3.8, 4) is 5.75 Å². The van der Waals surface area contributed by atoms with E-state index in [1.807, 2.05) is 42.5 Å². The van der Waals surface area contributed by atoms with Gasteiger partial charge in [0.25, 0.3) is 0 Å². The van der Waals surface area contributed by atoms with Crippen molar-refractivity contribution in [3.05, 3.63) is 72.5 Å². The molecule has 0 aliphatic heterocycles. The monoisotopic (exact) mass is 430 g/mol. The fourth-order valence-electron chi connectivity index (χ4n) is 3.23. The zero-order valence-corrected chi connectivity index (χ0v) is 17.5. The average molecular weight is 431 g/mol. The molecule has 158 valence electrons. The summed E-state index contributed by atoms with van der Waals surface area (Å²) >= 11 is 0. The standard InChI is InChI=1S/C22H23FN2O4S/c1-16(25(30(2,27)28)19-10-6-9-18(23)15-19)22(26)24-13-14-29-21-12-5-8-17-7-3-4-11-20(17)21/h3-12,15-16H,13-14H2,1-2H3,(H,24,26)/t16-/m0/s1. The number of anilines is 1. The number of ether oxygens (including phenoxy) is 1. The van der Waals surface area contributed by atoms with Crippen molar-refractivity contribution >= 4 is 32.4 Å². The Labute approximate surface area is 175 Å². The molecule has 1 atom stereocenters. The summed E-state index contributed by atoms with van der Waals surface area (Å²) in [6, 6.07) is 17.6. The lowest BCUT2D eigenvalue weighted by molar-refractivity contribution is -0.121. The van der Waals surface area contributed by atoms with Gasteiger partial charge in [-0.1, -0.05) is 42.5 Å². The molecule has 0 radical (unpaired) electrons. The van der Waals surface area contributed by atoms with Crippen LogP contribution in [-0.4, -0.2) is 39.8 Å². The van der Waals surface area contributed by atoms with Gasteiger partial charge in [0.15, 0.2) is 0 Å². The molecule has 1 amide bonds. The van der Waals surface area contributed by atoms with Crippen molar-refractivity contribution in [1.29, 1.82) is 0 Å². The molecule has 0 fully saturated rings. The second kappa shape index (κ2) is 9.13. The highest BCUT2D eigenvalue weighted by Gasteiger charge is 2.29. The molecule has 0 spiro atoms. The Morgan fingerprint density at radius 1 is 1.10 bits per heavy atom. The fraction of sp³-hybridized carbons (Fsp3) is 0.227. The molecule has 8 heteroatoms. The number of carbonyl (C=O) groups is 1. The lowest BCUT2D eigenvalue weighted by Gasteiger charge is -2.28. The van der Waals surface area contributed by atoms with Crippen molar-refractivity contribution in [2.45, 2.75) is 13.0 Å². The number of hydrogen-bond acceptors (Lipinski definition) is 4. The van der Waals surface area contributed by atoms with Gasteiger partial charge in [0.1, 0.15) is 24.2 Å². The first kappa shape index (κ1) is 21.6. The topological polar surface area (TPSA) is 75.7 Å². The molecule has 3 aromatic rings. The third kappa shape index (κ3) is 5.07. The van der Waals surface area contributed by atoms with Gasteiger partial charge >= 0.3 is 0 Å². The van der Waals surface area contributed by atoms with E-state index in [2.05, 4.69) is 5.32 Å². The molecule has 3 rings (SSSR count). The molecule has 0 aliphatic rings. The Morgan fingerprint density at radius 3 is 2.53 bits per heavy atom. The quantitative estimate of drug-likeness (QED) is 0.556. The summed E-state index contributed by atoms with van der Waals surface area (Å²) in [5.41, 5.74) is 0.0900. The maximum Gasteiger partial charge on any atom is 0.243 e. The molecule has 0 aliphatic carbocycles. The third-order valence-corrected chi connectivity index (χ3v) is 5.80. The molecule has 6 nitrogen and oxygen atoms in total. The van der Waals surface area contributed by atoms with Crippen LogP contribution in [0.4, 0.5) is 10.1 Å². The van der Waals surface area contributed by atoms with Gasteiger partial charge in [-0.05, 0) is 36.6 Å². The molecule has 1 N–H and O–H groups in total. The number of carbonyl (C=O) groups excluding carboxylic acids is 1. The van der Waals surface area contributed by atoms with Gasteiger partial charge in [0, 0.05) is 5.39 Å². The van der Waals surface area contributed by atoms with Crippen LogP contribution in [0.25, 0.3) is 10.8 Å². The van der Waals surface area contributed by atoms with Crippen LogP contribution in [0, 0.1) is 5.82 Å². The second-order valence-corrected chi connectivity index (χ2v) is 8.69. The first-order chi connectivity index (χ1) is 14.3. The van der Waals surface area contributed by atoms with Gasteiger partial charge in [-0.25, -0.2) is 12.8 Å². The Hall–Kier alpha value is -3.13. The van der Waals surface area contributed by atoms with E-state index in [0.717, 1.165) is 27.4 Å². The molecule has 0 heterocycles. The molecule has 3 aromatic carbocycles. The summed E-state index contributed by atoms with van der Waals surface area (Å²) in [4.78, 5) is 12.5. The lowest BCUT2D eigenvalue weighted by atomic mass is 10.1. The zero-order valence-electron chi connectivity index (χ0n) is 16.7. The Morgan fingerprint density at radius 2 is 1.80 bits per heavy atom. The maximum atomic E-state index is 13.6. The predicted octanol–water partition coefficient (Wildman–Crippen LogP) is 3.33. The summed E-state index contributed by atoms with van der Waals surface area (Å²) in [6.07, 6.45) is 0.977. The number of amides is 1. The summed E-state index contributed by atoms with van der Waals surface area (Å²) in [6.45, 7) is 1.85. The largest absolute Gasteiger partial charge is 0.491 e. The van der Waals surface area contributed by atoms with Gasteiger partial charge in [-0.15, -0.1) is 0 Å². The van der Waals surface area contributed by atoms with Gasteiger partial charge in [0.05, 0.1) is 18.5 Å². The molecule has 0 aromatic heterocycles. The van der Waals surface area contributed by atoms with E-state index in [-0.39, 0.29) is 18.8 Å². The number of sulfonamides is 1. The summed E-state index contributed by atoms with van der Waals surface area (Å²) in [7, 11) is -3.80. The van der Waals surface area contributed by atoms with E-state index in [9.17, 15) is 17.6 Å². The predicted molar refractivity (Wildman–Crippen MR) is 116 cm³/mol. The van der Waals surface area contributed by atoms with Gasteiger partial charge in [0.2, 0.25) is 15.9 Å². The van der Waals surface area contributed by atoms with Crippen molar-refractivity contribution in [2.24, 2.45) is 0 Å². The number of halogens is 1. The first-order valence-corrected chi connectivity index (χ1v) is 11.3. The molecule has 0 bridgehead atoms. The number of fused-ring (bicyclic) bond motifs is 1. The minimum Gasteiger partial charge on any atom is -0.491 e. The fourth-order valence-corrected chi connectivity index (χ4v) is 4.39. The van der Waals surface area contributed by atoms with E-state index in [1.54, 1.807) is 0 Å². The number of rotatable bonds is 8. The third-order valence-electron chi connectivity index (χ3n) is 4.56. The summed E-state index contributed by atoms with van der Waals surface area (Å²) in [5, 5.41) is 4.69. The smallest absolute Gasteiger partial charge is 0.243 e. The highest BCUT2D eigenvalue weighted by Crippen LogP contribution is 2.25. The molecule has 0 saturated carbocycles. The molecular weight excluding hydrogens is 407 g/mol. The van der Waals surface area contributed by atoms with Crippen LogP contribution in [-0.2, 0) is 14.8 Å². The van der Waals surface area contributed by atoms with Crippen LogP contribution in [0.3, 0.4) is 0 Å².